The first-order valence-electron chi connectivity index (χ1n) is 8.28. The molecule has 0 heterocycles. The van der Waals surface area contributed by atoms with Crippen molar-refractivity contribution in [1.29, 1.82) is 0 Å². The lowest BCUT2D eigenvalue weighted by atomic mass is 10.1. The van der Waals surface area contributed by atoms with Crippen molar-refractivity contribution in [2.24, 2.45) is 0 Å². The number of hydrogen-bond donors (Lipinski definition) is 1. The molecular weight excluding hydrogens is 274 g/mol. The lowest BCUT2D eigenvalue weighted by molar-refractivity contribution is -0.637. The van der Waals surface area contributed by atoms with Crippen LogP contribution in [0.2, 0.25) is 0 Å². The minimum Gasteiger partial charge on any atom is -0.159 e. The second-order valence-corrected chi connectivity index (χ2v) is 7.38. The lowest BCUT2D eigenvalue weighted by Gasteiger charge is -2.02. The molecular formula is C15H34NO3S+2. The maximum absolute atomic E-state index is 11.0. The van der Waals surface area contributed by atoms with Crippen LogP contribution in [0.25, 0.3) is 0 Å². The van der Waals surface area contributed by atoms with Crippen LogP contribution in [0.5, 0.6) is 0 Å². The van der Waals surface area contributed by atoms with Gasteiger partial charge in [-0.3, -0.25) is 0 Å². The molecule has 0 rings (SSSR count). The molecule has 0 saturated carbocycles. The van der Waals surface area contributed by atoms with Crippen LogP contribution in [0.15, 0.2) is 0 Å². The summed E-state index contributed by atoms with van der Waals surface area (Å²) in [7, 11) is -3.35. The van der Waals surface area contributed by atoms with Gasteiger partial charge in [-0.15, -0.1) is 0 Å². The van der Waals surface area contributed by atoms with Crippen molar-refractivity contribution >= 4 is 10.5 Å². The Morgan fingerprint density at radius 2 is 1.10 bits per heavy atom. The zero-order valence-corrected chi connectivity index (χ0v) is 14.1. The quantitative estimate of drug-likeness (QED) is 0.282. The number of unbranched alkanes of at least 4 members (excludes halogenated alkanes) is 12. The Bertz CT molecular complexity index is 249. The molecule has 0 aliphatic rings. The summed E-state index contributed by atoms with van der Waals surface area (Å²) in [5, 5.41) is 0. The first kappa shape index (κ1) is 20.0. The van der Waals surface area contributed by atoms with Crippen molar-refractivity contribution in [1.82, 2.24) is 0 Å². The van der Waals surface area contributed by atoms with E-state index in [1.807, 2.05) is 0 Å². The van der Waals surface area contributed by atoms with Crippen LogP contribution in [0.4, 0.5) is 0 Å². The smallest absolute Gasteiger partial charge is 0.159 e. The van der Waals surface area contributed by atoms with Gasteiger partial charge in [-0.1, -0.05) is 77.6 Å². The van der Waals surface area contributed by atoms with Gasteiger partial charge in [0.15, 0.2) is 5.75 Å². The van der Waals surface area contributed by atoms with Crippen molar-refractivity contribution in [3.63, 3.8) is 0 Å². The maximum atomic E-state index is 11.0. The van der Waals surface area contributed by atoms with Crippen LogP contribution >= 0.6 is 0 Å². The Kier molecular flexibility index (Phi) is 14.0. The van der Waals surface area contributed by atoms with Gasteiger partial charge in [-0.2, -0.15) is 5.90 Å². The third-order valence-corrected chi connectivity index (χ3v) is 4.83. The molecule has 0 aliphatic carbocycles. The van der Waals surface area contributed by atoms with E-state index >= 15 is 0 Å². The summed E-state index contributed by atoms with van der Waals surface area (Å²) in [4.78, 5) is 0. The molecule has 3 N–H and O–H groups in total. The van der Waals surface area contributed by atoms with Gasteiger partial charge < -0.3 is 0 Å². The first-order chi connectivity index (χ1) is 9.62. The highest BCUT2D eigenvalue weighted by Crippen LogP contribution is 2.13. The van der Waals surface area contributed by atoms with Crippen LogP contribution in [-0.4, -0.2) is 5.75 Å². The van der Waals surface area contributed by atoms with Gasteiger partial charge in [0.2, 0.25) is 0 Å². The normalized spacial score (nSPS) is 14.3. The minimum atomic E-state index is -3.35. The van der Waals surface area contributed by atoms with E-state index in [1.165, 1.54) is 64.2 Å². The fourth-order valence-electron chi connectivity index (χ4n) is 2.36. The van der Waals surface area contributed by atoms with Crippen LogP contribution in [0.1, 0.15) is 90.4 Å². The molecule has 0 spiro atoms. The Hall–Kier alpha value is 0.0300. The number of rotatable bonds is 15. The Morgan fingerprint density at radius 1 is 0.750 bits per heavy atom. The zero-order chi connectivity index (χ0) is 15.1. The molecule has 0 aromatic heterocycles. The van der Waals surface area contributed by atoms with E-state index in [9.17, 15) is 8.76 Å². The summed E-state index contributed by atoms with van der Waals surface area (Å²) in [6, 6.07) is 0. The SMILES string of the molecule is CCCCCCCCCCCCCCC[S+]([O])(=O)O[NH3+]. The zero-order valence-electron chi connectivity index (χ0n) is 13.2. The summed E-state index contributed by atoms with van der Waals surface area (Å²) in [5.74, 6) is 3.06. The van der Waals surface area contributed by atoms with Crippen LogP contribution in [0, 0.1) is 0 Å². The third-order valence-electron chi connectivity index (χ3n) is 3.68. The average Bonchev–Trinajstić information content (AvgIpc) is 2.44. The van der Waals surface area contributed by atoms with Crippen molar-refractivity contribution in [2.75, 3.05) is 5.75 Å². The van der Waals surface area contributed by atoms with Gasteiger partial charge >= 0.3 is 10.5 Å². The van der Waals surface area contributed by atoms with E-state index in [4.69, 9.17) is 0 Å². The van der Waals surface area contributed by atoms with E-state index < -0.39 is 10.5 Å². The number of quaternary nitrogens is 1. The van der Waals surface area contributed by atoms with Crippen molar-refractivity contribution in [2.45, 2.75) is 90.4 Å². The van der Waals surface area contributed by atoms with Crippen molar-refractivity contribution in [3.8, 4) is 0 Å². The molecule has 0 aromatic rings. The molecule has 4 nitrogen and oxygen atoms in total. The van der Waals surface area contributed by atoms with E-state index in [0.717, 1.165) is 12.8 Å². The standard InChI is InChI=1S/C15H34NO3S/c1-2-3-4-5-6-7-8-9-10-11-12-13-14-15-20(17,18)19-16/h2-15H2,1,16H3/q+2. The predicted octanol–water partition coefficient (Wildman–Crippen LogP) is 4.01. The molecule has 0 saturated heterocycles. The van der Waals surface area contributed by atoms with Gasteiger partial charge in [0.25, 0.3) is 0 Å². The predicted molar refractivity (Wildman–Crippen MR) is 83.3 cm³/mol. The highest BCUT2D eigenvalue weighted by Gasteiger charge is 2.31. The molecule has 121 valence electrons. The first-order valence-corrected chi connectivity index (χ1v) is 9.86. The summed E-state index contributed by atoms with van der Waals surface area (Å²) in [6.45, 7) is 2.25. The van der Waals surface area contributed by atoms with Gasteiger partial charge in [-0.25, -0.2) is 0 Å². The lowest BCUT2D eigenvalue weighted by Crippen LogP contribution is -2.53. The highest BCUT2D eigenvalue weighted by atomic mass is 32.3. The summed E-state index contributed by atoms with van der Waals surface area (Å²) in [5.41, 5.74) is 0. The minimum absolute atomic E-state index is 0.105. The largest absolute Gasteiger partial charge is 0.448 e. The Morgan fingerprint density at radius 3 is 1.45 bits per heavy atom. The van der Waals surface area contributed by atoms with E-state index in [2.05, 4.69) is 17.1 Å². The second kappa shape index (κ2) is 14.0. The third kappa shape index (κ3) is 14.4. The van der Waals surface area contributed by atoms with Gasteiger partial charge in [0.05, 0.1) is 4.55 Å². The molecule has 1 unspecified atom stereocenters. The molecule has 1 atom stereocenters. The topological polar surface area (TPSA) is 73.8 Å². The molecule has 5 heteroatoms. The summed E-state index contributed by atoms with van der Waals surface area (Å²) >= 11 is 0. The van der Waals surface area contributed by atoms with E-state index in [1.54, 1.807) is 0 Å². The number of hydrogen-bond acceptors (Lipinski definition) is 2. The fraction of sp³-hybridized carbons (Fsp3) is 1.00. The fourth-order valence-corrected chi connectivity index (χ4v) is 3.03. The monoisotopic (exact) mass is 308 g/mol. The molecule has 0 bridgehead atoms. The van der Waals surface area contributed by atoms with Gasteiger partial charge in [-0.05, 0) is 17.1 Å². The molecule has 20 heavy (non-hydrogen) atoms. The maximum Gasteiger partial charge on any atom is 0.448 e. The van der Waals surface area contributed by atoms with Gasteiger partial charge in [0.1, 0.15) is 0 Å². The van der Waals surface area contributed by atoms with Crippen molar-refractivity contribution in [3.05, 3.63) is 0 Å². The van der Waals surface area contributed by atoms with Crippen LogP contribution in [-0.2, 0) is 23.5 Å². The molecule has 0 fully saturated rings. The van der Waals surface area contributed by atoms with E-state index in [-0.39, 0.29) is 5.75 Å². The molecule has 0 amide bonds. The Labute approximate surface area is 126 Å². The highest BCUT2D eigenvalue weighted by molar-refractivity contribution is 7.92. The summed E-state index contributed by atoms with van der Waals surface area (Å²) in [6.07, 6.45) is 16.3. The van der Waals surface area contributed by atoms with Crippen LogP contribution in [0.3, 0.4) is 0 Å². The Balaban J connectivity index is 3.08. The van der Waals surface area contributed by atoms with Crippen molar-refractivity contribution < 1.29 is 18.9 Å². The molecule has 1 radical (unpaired) electrons. The summed E-state index contributed by atoms with van der Waals surface area (Å²) < 4.78 is 26.2. The molecule has 0 aliphatic heterocycles. The molecule has 0 aromatic carbocycles. The van der Waals surface area contributed by atoms with E-state index in [0.29, 0.717) is 6.42 Å². The van der Waals surface area contributed by atoms with Crippen LogP contribution < -0.4 is 5.90 Å². The second-order valence-electron chi connectivity index (χ2n) is 5.62. The average molecular weight is 309 g/mol. The van der Waals surface area contributed by atoms with Gasteiger partial charge in [0, 0.05) is 4.28 Å².